The highest BCUT2D eigenvalue weighted by molar-refractivity contribution is 7.98. The van der Waals surface area contributed by atoms with Gasteiger partial charge < -0.3 is 14.1 Å². The number of fused-ring (bicyclic) bond motifs is 4. The molecule has 5 rings (SSSR count). The van der Waals surface area contributed by atoms with Crippen molar-refractivity contribution < 1.29 is 9.15 Å². The van der Waals surface area contributed by atoms with Crippen LogP contribution in [0.1, 0.15) is 5.56 Å². The van der Waals surface area contributed by atoms with Crippen LogP contribution < -0.4 is 10.4 Å². The third-order valence-electron chi connectivity index (χ3n) is 4.50. The van der Waals surface area contributed by atoms with E-state index in [-0.39, 0.29) is 0 Å². The van der Waals surface area contributed by atoms with Crippen molar-refractivity contribution in [3.8, 4) is 5.75 Å². The van der Waals surface area contributed by atoms with Gasteiger partial charge in [-0.1, -0.05) is 30.0 Å². The molecule has 0 fully saturated rings. The zero-order valence-corrected chi connectivity index (χ0v) is 15.6. The fraction of sp³-hybridized carbons (Fsp3) is 0.100. The van der Waals surface area contributed by atoms with Gasteiger partial charge in [0.05, 0.1) is 7.11 Å². The Morgan fingerprint density at radius 2 is 2.00 bits per heavy atom. The van der Waals surface area contributed by atoms with Gasteiger partial charge in [-0.25, -0.2) is 9.78 Å². The van der Waals surface area contributed by atoms with Crippen LogP contribution in [0.2, 0.25) is 0 Å². The van der Waals surface area contributed by atoms with E-state index in [4.69, 9.17) is 9.15 Å². The summed E-state index contributed by atoms with van der Waals surface area (Å²) in [6.45, 7) is 0. The number of aromatic nitrogens is 4. The van der Waals surface area contributed by atoms with Gasteiger partial charge in [0.2, 0.25) is 5.16 Å². The number of para-hydroxylation sites is 1. The summed E-state index contributed by atoms with van der Waals surface area (Å²) >= 11 is 1.42. The minimum Gasteiger partial charge on any atom is -0.497 e. The van der Waals surface area contributed by atoms with Crippen molar-refractivity contribution in [1.82, 2.24) is 20.2 Å². The zero-order valence-electron chi connectivity index (χ0n) is 14.8. The van der Waals surface area contributed by atoms with Crippen molar-refractivity contribution in [1.29, 1.82) is 0 Å². The third kappa shape index (κ3) is 2.87. The SMILES string of the molecule is COc1ccc2c(CSc3nnc4c(n3)[nH]c3ccccc34)cc(=O)oc2c1. The summed E-state index contributed by atoms with van der Waals surface area (Å²) in [6, 6.07) is 14.8. The quantitative estimate of drug-likeness (QED) is 0.367. The minimum absolute atomic E-state index is 0.401. The number of hydrogen-bond donors (Lipinski definition) is 1. The van der Waals surface area contributed by atoms with Crippen LogP contribution in [0.15, 0.2) is 62.9 Å². The number of ether oxygens (including phenoxy) is 1. The monoisotopic (exact) mass is 390 g/mol. The van der Waals surface area contributed by atoms with E-state index in [1.165, 1.54) is 17.8 Å². The standard InChI is InChI=1S/C20H14N4O3S/c1-26-12-6-7-13-11(8-17(25)27-16(13)9-12)10-28-20-22-19-18(23-24-20)14-4-2-3-5-15(14)21-19/h2-9H,10H2,1H3,(H,21,22,24). The van der Waals surface area contributed by atoms with Crippen molar-refractivity contribution in [3.63, 3.8) is 0 Å². The lowest BCUT2D eigenvalue weighted by Crippen LogP contribution is -2.00. The summed E-state index contributed by atoms with van der Waals surface area (Å²) < 4.78 is 10.5. The first-order valence-electron chi connectivity index (χ1n) is 8.56. The van der Waals surface area contributed by atoms with Gasteiger partial charge in [0.25, 0.3) is 0 Å². The number of hydrogen-bond acceptors (Lipinski definition) is 7. The maximum Gasteiger partial charge on any atom is 0.336 e. The van der Waals surface area contributed by atoms with E-state index in [2.05, 4.69) is 20.2 Å². The molecule has 138 valence electrons. The average Bonchev–Trinajstić information content (AvgIpc) is 3.09. The molecule has 0 saturated heterocycles. The zero-order chi connectivity index (χ0) is 19.1. The van der Waals surface area contributed by atoms with Crippen LogP contribution in [0.5, 0.6) is 5.75 Å². The molecule has 5 aromatic rings. The Morgan fingerprint density at radius 3 is 2.89 bits per heavy atom. The molecule has 2 aromatic carbocycles. The van der Waals surface area contributed by atoms with E-state index in [9.17, 15) is 4.79 Å². The molecule has 3 heterocycles. The largest absolute Gasteiger partial charge is 0.497 e. The predicted molar refractivity (Wildman–Crippen MR) is 108 cm³/mol. The fourth-order valence-electron chi connectivity index (χ4n) is 3.17. The lowest BCUT2D eigenvalue weighted by atomic mass is 10.1. The smallest absolute Gasteiger partial charge is 0.336 e. The molecule has 0 radical (unpaired) electrons. The van der Waals surface area contributed by atoms with Crippen LogP contribution in [-0.2, 0) is 5.75 Å². The first kappa shape index (κ1) is 16.8. The topological polar surface area (TPSA) is 93.9 Å². The number of benzene rings is 2. The van der Waals surface area contributed by atoms with Crippen LogP contribution >= 0.6 is 11.8 Å². The molecular formula is C20H14N4O3S. The number of H-pyrrole nitrogens is 1. The van der Waals surface area contributed by atoms with E-state index >= 15 is 0 Å². The fourth-order valence-corrected chi connectivity index (χ4v) is 3.94. The molecule has 7 nitrogen and oxygen atoms in total. The number of thioether (sulfide) groups is 1. The van der Waals surface area contributed by atoms with E-state index in [0.717, 1.165) is 27.4 Å². The van der Waals surface area contributed by atoms with Gasteiger partial charge in [-0.3, -0.25) is 0 Å². The van der Waals surface area contributed by atoms with Gasteiger partial charge >= 0.3 is 5.63 Å². The van der Waals surface area contributed by atoms with Crippen molar-refractivity contribution in [2.75, 3.05) is 7.11 Å². The first-order valence-corrected chi connectivity index (χ1v) is 9.54. The Hall–Kier alpha value is -3.39. The lowest BCUT2D eigenvalue weighted by molar-refractivity contribution is 0.414. The number of methoxy groups -OCH3 is 1. The summed E-state index contributed by atoms with van der Waals surface area (Å²) in [4.78, 5) is 19.8. The second-order valence-corrected chi connectivity index (χ2v) is 7.15. The normalized spacial score (nSPS) is 11.5. The van der Waals surface area contributed by atoms with Gasteiger partial charge in [-0.05, 0) is 23.8 Å². The van der Waals surface area contributed by atoms with Crippen molar-refractivity contribution in [3.05, 3.63) is 64.5 Å². The maximum atomic E-state index is 11.9. The molecule has 0 aliphatic heterocycles. The lowest BCUT2D eigenvalue weighted by Gasteiger charge is -2.06. The Bertz CT molecular complexity index is 1390. The summed E-state index contributed by atoms with van der Waals surface area (Å²) in [5.74, 6) is 1.15. The van der Waals surface area contributed by atoms with Crippen LogP contribution in [0.3, 0.4) is 0 Å². The summed E-state index contributed by atoms with van der Waals surface area (Å²) in [5, 5.41) is 10.9. The second kappa shape index (κ2) is 6.65. The molecule has 3 aromatic heterocycles. The van der Waals surface area contributed by atoms with Crippen LogP contribution in [0.25, 0.3) is 33.0 Å². The Kier molecular flexibility index (Phi) is 3.98. The Labute approximate surface area is 162 Å². The van der Waals surface area contributed by atoms with Gasteiger partial charge in [-0.15, -0.1) is 10.2 Å². The number of nitrogens with zero attached hydrogens (tertiary/aromatic N) is 3. The molecule has 0 unspecified atom stereocenters. The highest BCUT2D eigenvalue weighted by atomic mass is 32.2. The van der Waals surface area contributed by atoms with Crippen molar-refractivity contribution >= 4 is 44.8 Å². The van der Waals surface area contributed by atoms with E-state index in [0.29, 0.717) is 27.9 Å². The molecule has 1 N–H and O–H groups in total. The molecule has 0 saturated carbocycles. The molecule has 0 aliphatic rings. The van der Waals surface area contributed by atoms with E-state index in [1.807, 2.05) is 36.4 Å². The van der Waals surface area contributed by atoms with Gasteiger partial charge in [0.15, 0.2) is 5.65 Å². The highest BCUT2D eigenvalue weighted by Gasteiger charge is 2.11. The van der Waals surface area contributed by atoms with E-state index in [1.54, 1.807) is 13.2 Å². The number of rotatable bonds is 4. The molecule has 0 spiro atoms. The molecule has 0 bridgehead atoms. The van der Waals surface area contributed by atoms with Gasteiger partial charge in [0, 0.05) is 34.2 Å². The van der Waals surface area contributed by atoms with Crippen molar-refractivity contribution in [2.24, 2.45) is 0 Å². The van der Waals surface area contributed by atoms with Crippen LogP contribution in [0, 0.1) is 0 Å². The Balaban J connectivity index is 1.49. The molecule has 8 heteroatoms. The first-order chi connectivity index (χ1) is 13.7. The van der Waals surface area contributed by atoms with E-state index < -0.39 is 5.63 Å². The highest BCUT2D eigenvalue weighted by Crippen LogP contribution is 2.28. The second-order valence-electron chi connectivity index (χ2n) is 6.20. The summed E-state index contributed by atoms with van der Waals surface area (Å²) in [6.07, 6.45) is 0. The molecule has 0 amide bonds. The average molecular weight is 390 g/mol. The number of aromatic amines is 1. The molecule has 0 atom stereocenters. The molecular weight excluding hydrogens is 376 g/mol. The molecule has 0 aliphatic carbocycles. The predicted octanol–water partition coefficient (Wildman–Crippen LogP) is 3.91. The van der Waals surface area contributed by atoms with Crippen LogP contribution in [0.4, 0.5) is 0 Å². The third-order valence-corrected chi connectivity index (χ3v) is 5.38. The Morgan fingerprint density at radius 1 is 1.11 bits per heavy atom. The number of nitrogens with one attached hydrogen (secondary N) is 1. The summed E-state index contributed by atoms with van der Waals surface area (Å²) in [7, 11) is 1.57. The van der Waals surface area contributed by atoms with Crippen LogP contribution in [-0.4, -0.2) is 27.3 Å². The maximum absolute atomic E-state index is 11.9. The van der Waals surface area contributed by atoms with Crippen molar-refractivity contribution in [2.45, 2.75) is 10.9 Å². The van der Waals surface area contributed by atoms with Gasteiger partial charge in [-0.2, -0.15) is 0 Å². The molecule has 28 heavy (non-hydrogen) atoms. The minimum atomic E-state index is -0.401. The summed E-state index contributed by atoms with van der Waals surface area (Å²) in [5.41, 5.74) is 3.36. The van der Waals surface area contributed by atoms with Gasteiger partial charge in [0.1, 0.15) is 16.8 Å².